The van der Waals surface area contributed by atoms with Crippen LogP contribution in [0.1, 0.15) is 42.5 Å². The fraction of sp³-hybridized carbons (Fsp3) is 0.294. The maximum atomic E-state index is 6.34. The van der Waals surface area contributed by atoms with E-state index >= 15 is 0 Å². The number of hydrogen-bond donors (Lipinski definition) is 0. The summed E-state index contributed by atoms with van der Waals surface area (Å²) in [7, 11) is 1.67. The van der Waals surface area contributed by atoms with E-state index in [4.69, 9.17) is 23.7 Å². The van der Waals surface area contributed by atoms with Gasteiger partial charge >= 0.3 is 0 Å². The first-order chi connectivity index (χ1) is 19.2. The minimum Gasteiger partial charge on any atom is -0.497 e. The second-order valence-electron chi connectivity index (χ2n) is 9.17. The predicted octanol–water partition coefficient (Wildman–Crippen LogP) is 7.83. The Morgan fingerprint density at radius 3 is 1.67 bits per heavy atom. The third-order valence-electron chi connectivity index (χ3n) is 6.38. The Hall–Kier alpha value is -4.12. The van der Waals surface area contributed by atoms with E-state index < -0.39 is 0 Å². The summed E-state index contributed by atoms with van der Waals surface area (Å²) in [6.45, 7) is 6.22. The van der Waals surface area contributed by atoms with E-state index in [2.05, 4.69) is 24.3 Å². The summed E-state index contributed by atoms with van der Waals surface area (Å²) < 4.78 is 29.3. The second-order valence-corrected chi connectivity index (χ2v) is 9.17. The molecule has 0 aliphatic carbocycles. The molecule has 4 aromatic rings. The molecule has 0 aromatic heterocycles. The van der Waals surface area contributed by atoms with Crippen LogP contribution in [0, 0.1) is 0 Å². The van der Waals surface area contributed by atoms with Crippen molar-refractivity contribution in [1.82, 2.24) is 0 Å². The van der Waals surface area contributed by atoms with Gasteiger partial charge in [0.05, 0.1) is 20.3 Å². The lowest BCUT2D eigenvalue weighted by molar-refractivity contribution is 0.287. The summed E-state index contributed by atoms with van der Waals surface area (Å²) in [5, 5.41) is 0. The van der Waals surface area contributed by atoms with Crippen LogP contribution in [0.2, 0.25) is 0 Å². The van der Waals surface area contributed by atoms with Crippen LogP contribution in [-0.4, -0.2) is 20.3 Å². The Morgan fingerprint density at radius 2 is 1.05 bits per heavy atom. The molecule has 0 bridgehead atoms. The number of aryl methyl sites for hydroxylation is 2. The average Bonchev–Trinajstić information content (AvgIpc) is 2.98. The third-order valence-corrected chi connectivity index (χ3v) is 6.38. The smallest absolute Gasteiger partial charge is 0.126 e. The summed E-state index contributed by atoms with van der Waals surface area (Å²) in [5.74, 6) is 4.19. The maximum absolute atomic E-state index is 6.34. The molecular weight excluding hydrogens is 488 g/mol. The number of benzene rings is 4. The average molecular weight is 527 g/mol. The molecule has 0 heterocycles. The zero-order valence-corrected chi connectivity index (χ0v) is 23.2. The van der Waals surface area contributed by atoms with Crippen molar-refractivity contribution >= 4 is 0 Å². The lowest BCUT2D eigenvalue weighted by atomic mass is 10.0. The quantitative estimate of drug-likeness (QED) is 0.158. The lowest BCUT2D eigenvalue weighted by Gasteiger charge is -2.15. The van der Waals surface area contributed by atoms with E-state index in [-0.39, 0.29) is 0 Å². The first-order valence-electron chi connectivity index (χ1n) is 13.6. The van der Waals surface area contributed by atoms with Crippen LogP contribution >= 0.6 is 0 Å². The Labute approximate surface area is 232 Å². The minimum atomic E-state index is 0.465. The van der Waals surface area contributed by atoms with Crippen LogP contribution < -0.4 is 23.7 Å². The molecule has 0 amide bonds. The molecule has 5 heteroatoms. The highest BCUT2D eigenvalue weighted by Gasteiger charge is 2.11. The molecule has 5 nitrogen and oxygen atoms in total. The van der Waals surface area contributed by atoms with Gasteiger partial charge in [0, 0.05) is 12.1 Å². The highest BCUT2D eigenvalue weighted by Crippen LogP contribution is 2.30. The fourth-order valence-corrected chi connectivity index (χ4v) is 4.35. The molecule has 39 heavy (non-hydrogen) atoms. The van der Waals surface area contributed by atoms with Crippen molar-refractivity contribution in [2.45, 2.75) is 46.3 Å². The van der Waals surface area contributed by atoms with Gasteiger partial charge in [-0.1, -0.05) is 54.6 Å². The number of rotatable bonds is 15. The van der Waals surface area contributed by atoms with Crippen molar-refractivity contribution in [3.63, 3.8) is 0 Å². The molecule has 0 aliphatic heterocycles. The Kier molecular flexibility index (Phi) is 10.5. The van der Waals surface area contributed by atoms with Gasteiger partial charge < -0.3 is 23.7 Å². The van der Waals surface area contributed by atoms with Crippen molar-refractivity contribution in [3.05, 3.63) is 113 Å². The van der Waals surface area contributed by atoms with Crippen LogP contribution in [0.3, 0.4) is 0 Å². The van der Waals surface area contributed by atoms with Gasteiger partial charge in [-0.05, 0) is 79.6 Å². The molecule has 204 valence electrons. The molecule has 0 unspecified atom stereocenters. The lowest BCUT2D eigenvalue weighted by Crippen LogP contribution is -2.02. The van der Waals surface area contributed by atoms with Gasteiger partial charge in [0.1, 0.15) is 42.0 Å². The standard InChI is InChI=1S/C34H38O5/c1-4-36-31-20-16-28(33(22-31)37-5-2)12-9-13-29-17-21-32(38-24-26-10-7-6-8-11-26)23-34(29)39-25-27-14-18-30(35-3)19-15-27/h6-8,10-11,14-23H,4-5,9,12-13,24-25H2,1-3H3. The largest absolute Gasteiger partial charge is 0.497 e. The molecule has 0 atom stereocenters. The van der Waals surface area contributed by atoms with Gasteiger partial charge in [-0.3, -0.25) is 0 Å². The van der Waals surface area contributed by atoms with Gasteiger partial charge in [-0.2, -0.15) is 0 Å². The predicted molar refractivity (Wildman–Crippen MR) is 155 cm³/mol. The summed E-state index contributed by atoms with van der Waals surface area (Å²) in [6, 6.07) is 30.4. The number of ether oxygens (including phenoxy) is 5. The molecule has 4 rings (SSSR count). The van der Waals surface area contributed by atoms with Crippen molar-refractivity contribution < 1.29 is 23.7 Å². The summed E-state index contributed by atoms with van der Waals surface area (Å²) in [4.78, 5) is 0. The third kappa shape index (κ3) is 8.44. The molecule has 4 aromatic carbocycles. The minimum absolute atomic E-state index is 0.465. The topological polar surface area (TPSA) is 46.2 Å². The van der Waals surface area contributed by atoms with Gasteiger partial charge in [-0.15, -0.1) is 0 Å². The first-order valence-corrected chi connectivity index (χ1v) is 13.6. The molecular formula is C34H38O5. The van der Waals surface area contributed by atoms with Crippen molar-refractivity contribution in [2.75, 3.05) is 20.3 Å². The highest BCUT2D eigenvalue weighted by atomic mass is 16.5. The zero-order chi connectivity index (χ0) is 27.3. The Balaban J connectivity index is 1.45. The van der Waals surface area contributed by atoms with E-state index in [1.54, 1.807) is 7.11 Å². The summed E-state index contributed by atoms with van der Waals surface area (Å²) in [6.07, 6.45) is 2.72. The summed E-state index contributed by atoms with van der Waals surface area (Å²) in [5.41, 5.74) is 4.54. The van der Waals surface area contributed by atoms with E-state index in [0.29, 0.717) is 26.4 Å². The van der Waals surface area contributed by atoms with E-state index in [1.165, 1.54) is 5.56 Å². The number of methoxy groups -OCH3 is 1. The SMILES string of the molecule is CCOc1ccc(CCCc2ccc(OCc3ccccc3)cc2OCc2ccc(OC)cc2)c(OCC)c1. The molecule has 0 aliphatic rings. The maximum Gasteiger partial charge on any atom is 0.126 e. The van der Waals surface area contributed by atoms with Crippen LogP contribution in [0.15, 0.2) is 91.0 Å². The zero-order valence-electron chi connectivity index (χ0n) is 23.2. The normalized spacial score (nSPS) is 10.6. The molecule has 0 spiro atoms. The second kappa shape index (κ2) is 14.7. The van der Waals surface area contributed by atoms with E-state index in [1.807, 2.05) is 80.6 Å². The molecule has 0 radical (unpaired) electrons. The van der Waals surface area contributed by atoms with Crippen LogP contribution in [-0.2, 0) is 26.1 Å². The molecule has 0 fully saturated rings. The van der Waals surface area contributed by atoms with Gasteiger partial charge in [-0.25, -0.2) is 0 Å². The molecule has 0 saturated heterocycles. The summed E-state index contributed by atoms with van der Waals surface area (Å²) >= 11 is 0. The highest BCUT2D eigenvalue weighted by molar-refractivity contribution is 5.43. The van der Waals surface area contributed by atoms with Crippen LogP contribution in [0.5, 0.6) is 28.7 Å². The first kappa shape index (κ1) is 27.9. The Bertz CT molecular complexity index is 1280. The monoisotopic (exact) mass is 526 g/mol. The van der Waals surface area contributed by atoms with Gasteiger partial charge in [0.15, 0.2) is 0 Å². The van der Waals surface area contributed by atoms with E-state index in [9.17, 15) is 0 Å². The van der Waals surface area contributed by atoms with Crippen LogP contribution in [0.4, 0.5) is 0 Å². The van der Waals surface area contributed by atoms with Crippen molar-refractivity contribution in [1.29, 1.82) is 0 Å². The molecule has 0 saturated carbocycles. The van der Waals surface area contributed by atoms with E-state index in [0.717, 1.165) is 64.7 Å². The van der Waals surface area contributed by atoms with Gasteiger partial charge in [0.2, 0.25) is 0 Å². The fourth-order valence-electron chi connectivity index (χ4n) is 4.35. The number of hydrogen-bond acceptors (Lipinski definition) is 5. The van der Waals surface area contributed by atoms with Crippen molar-refractivity contribution in [2.24, 2.45) is 0 Å². The molecule has 0 N–H and O–H groups in total. The Morgan fingerprint density at radius 1 is 0.513 bits per heavy atom. The van der Waals surface area contributed by atoms with Crippen LogP contribution in [0.25, 0.3) is 0 Å². The van der Waals surface area contributed by atoms with Crippen molar-refractivity contribution in [3.8, 4) is 28.7 Å². The van der Waals surface area contributed by atoms with Gasteiger partial charge in [0.25, 0.3) is 0 Å².